The Morgan fingerprint density at radius 3 is 2.35 bits per heavy atom. The molecule has 0 bridgehead atoms. The molecule has 0 aliphatic heterocycles. The van der Waals surface area contributed by atoms with E-state index < -0.39 is 0 Å². The fraction of sp³-hybridized carbons (Fsp3) is 0.125. The van der Waals surface area contributed by atoms with Crippen LogP contribution < -0.4 is 0 Å². The number of para-hydroxylation sites is 1. The van der Waals surface area contributed by atoms with E-state index in [1.807, 2.05) is 0 Å². The van der Waals surface area contributed by atoms with E-state index in [4.69, 9.17) is 0 Å². The van der Waals surface area contributed by atoms with E-state index in [0.29, 0.717) is 0 Å². The summed E-state index contributed by atoms with van der Waals surface area (Å²) in [6, 6.07) is 19.3. The minimum Gasteiger partial charge on any atom is -0.344 e. The highest BCUT2D eigenvalue weighted by molar-refractivity contribution is 5.87. The van der Waals surface area contributed by atoms with Crippen LogP contribution in [0.3, 0.4) is 0 Å². The Balaban J connectivity index is 2.32. The van der Waals surface area contributed by atoms with Gasteiger partial charge < -0.3 is 4.57 Å². The Labute approximate surface area is 101 Å². The highest BCUT2D eigenvalue weighted by atomic mass is 14.9. The van der Waals surface area contributed by atoms with Crippen LogP contribution in [0, 0.1) is 6.92 Å². The van der Waals surface area contributed by atoms with Crippen molar-refractivity contribution in [3.8, 4) is 11.3 Å². The lowest BCUT2D eigenvalue weighted by atomic mass is 10.1. The molecule has 0 saturated carbocycles. The number of nitrogens with zero attached hydrogens (tertiary/aromatic N) is 1. The van der Waals surface area contributed by atoms with Crippen LogP contribution in [0.25, 0.3) is 22.2 Å². The second-order valence-electron chi connectivity index (χ2n) is 4.46. The van der Waals surface area contributed by atoms with Gasteiger partial charge in [-0.05, 0) is 24.6 Å². The fourth-order valence-electron chi connectivity index (χ4n) is 2.41. The van der Waals surface area contributed by atoms with Gasteiger partial charge in [-0.1, -0.05) is 42.5 Å². The van der Waals surface area contributed by atoms with Gasteiger partial charge in [-0.3, -0.25) is 0 Å². The van der Waals surface area contributed by atoms with Crippen molar-refractivity contribution in [1.29, 1.82) is 0 Å². The van der Waals surface area contributed by atoms with Crippen molar-refractivity contribution >= 4 is 10.9 Å². The minimum atomic E-state index is 1.28. The molecule has 1 heteroatoms. The molecule has 0 aliphatic rings. The molecule has 0 spiro atoms. The maximum Gasteiger partial charge on any atom is 0.0491 e. The molecule has 0 aliphatic carbocycles. The summed E-state index contributed by atoms with van der Waals surface area (Å²) in [6.07, 6.45) is 0. The SMILES string of the molecule is Cc1ccccc1-c1cc2ccccc2n1C. The molecule has 0 atom stereocenters. The Morgan fingerprint density at radius 1 is 0.882 bits per heavy atom. The zero-order chi connectivity index (χ0) is 11.8. The summed E-state index contributed by atoms with van der Waals surface area (Å²) in [5, 5.41) is 1.30. The van der Waals surface area contributed by atoms with Gasteiger partial charge in [0, 0.05) is 29.2 Å². The molecule has 1 aromatic heterocycles. The van der Waals surface area contributed by atoms with E-state index >= 15 is 0 Å². The first-order chi connectivity index (χ1) is 8.27. The molecule has 0 amide bonds. The molecular weight excluding hydrogens is 206 g/mol. The Bertz CT molecular complexity index is 677. The van der Waals surface area contributed by atoms with Gasteiger partial charge in [-0.25, -0.2) is 0 Å². The van der Waals surface area contributed by atoms with E-state index in [1.165, 1.54) is 27.7 Å². The molecule has 1 nitrogen and oxygen atoms in total. The minimum absolute atomic E-state index is 1.28. The Hall–Kier alpha value is -2.02. The van der Waals surface area contributed by atoms with Crippen LogP contribution in [-0.2, 0) is 7.05 Å². The predicted molar refractivity (Wildman–Crippen MR) is 73.1 cm³/mol. The zero-order valence-corrected chi connectivity index (χ0v) is 10.1. The van der Waals surface area contributed by atoms with Crippen molar-refractivity contribution in [3.05, 3.63) is 60.2 Å². The lowest BCUT2D eigenvalue weighted by Gasteiger charge is -2.07. The van der Waals surface area contributed by atoms with E-state index in [9.17, 15) is 0 Å². The molecule has 0 fully saturated rings. The third-order valence-corrected chi connectivity index (χ3v) is 3.37. The summed E-state index contributed by atoms with van der Waals surface area (Å²) in [5.41, 5.74) is 5.19. The molecule has 3 aromatic rings. The monoisotopic (exact) mass is 221 g/mol. The van der Waals surface area contributed by atoms with Crippen LogP contribution >= 0.6 is 0 Å². The molecule has 1 heterocycles. The van der Waals surface area contributed by atoms with Crippen LogP contribution in [0.4, 0.5) is 0 Å². The lowest BCUT2D eigenvalue weighted by Crippen LogP contribution is -1.92. The Morgan fingerprint density at radius 2 is 1.59 bits per heavy atom. The lowest BCUT2D eigenvalue weighted by molar-refractivity contribution is 0.976. The first-order valence-electron chi connectivity index (χ1n) is 5.88. The maximum absolute atomic E-state index is 2.26. The topological polar surface area (TPSA) is 4.93 Å². The molecule has 0 unspecified atom stereocenters. The predicted octanol–water partition coefficient (Wildman–Crippen LogP) is 4.15. The highest BCUT2D eigenvalue weighted by Crippen LogP contribution is 2.28. The molecule has 17 heavy (non-hydrogen) atoms. The van der Waals surface area contributed by atoms with E-state index in [2.05, 4.69) is 73.1 Å². The van der Waals surface area contributed by atoms with Gasteiger partial charge in [0.05, 0.1) is 0 Å². The number of fused-ring (bicyclic) bond motifs is 1. The smallest absolute Gasteiger partial charge is 0.0491 e. The normalized spacial score (nSPS) is 10.9. The number of hydrogen-bond donors (Lipinski definition) is 0. The largest absolute Gasteiger partial charge is 0.344 e. The van der Waals surface area contributed by atoms with Crippen LogP contribution in [0.5, 0.6) is 0 Å². The highest BCUT2D eigenvalue weighted by Gasteiger charge is 2.08. The summed E-state index contributed by atoms with van der Waals surface area (Å²) in [4.78, 5) is 0. The second kappa shape index (κ2) is 3.77. The van der Waals surface area contributed by atoms with Crippen LogP contribution in [0.2, 0.25) is 0 Å². The van der Waals surface area contributed by atoms with Gasteiger partial charge in [-0.2, -0.15) is 0 Å². The van der Waals surface area contributed by atoms with Crippen molar-refractivity contribution in [2.45, 2.75) is 6.92 Å². The van der Waals surface area contributed by atoms with E-state index in [1.54, 1.807) is 0 Å². The number of benzene rings is 2. The number of hydrogen-bond acceptors (Lipinski definition) is 0. The summed E-state index contributed by atoms with van der Waals surface area (Å²) in [7, 11) is 2.13. The molecule has 84 valence electrons. The second-order valence-corrected chi connectivity index (χ2v) is 4.46. The van der Waals surface area contributed by atoms with Gasteiger partial charge in [0.25, 0.3) is 0 Å². The van der Waals surface area contributed by atoms with Crippen LogP contribution in [-0.4, -0.2) is 4.57 Å². The van der Waals surface area contributed by atoms with Crippen LogP contribution in [0.1, 0.15) is 5.56 Å². The maximum atomic E-state index is 2.26. The quantitative estimate of drug-likeness (QED) is 0.581. The first-order valence-corrected chi connectivity index (χ1v) is 5.88. The van der Waals surface area contributed by atoms with Gasteiger partial charge in [0.2, 0.25) is 0 Å². The third kappa shape index (κ3) is 1.55. The third-order valence-electron chi connectivity index (χ3n) is 3.37. The van der Waals surface area contributed by atoms with Crippen molar-refractivity contribution in [2.75, 3.05) is 0 Å². The summed E-state index contributed by atoms with van der Waals surface area (Å²) >= 11 is 0. The summed E-state index contributed by atoms with van der Waals surface area (Å²) < 4.78 is 2.26. The zero-order valence-electron chi connectivity index (χ0n) is 10.1. The molecular formula is C16H15N. The van der Waals surface area contributed by atoms with Gasteiger partial charge in [0.1, 0.15) is 0 Å². The molecule has 0 N–H and O–H groups in total. The van der Waals surface area contributed by atoms with Crippen molar-refractivity contribution in [1.82, 2.24) is 4.57 Å². The molecule has 0 saturated heterocycles. The van der Waals surface area contributed by atoms with Crippen molar-refractivity contribution < 1.29 is 0 Å². The van der Waals surface area contributed by atoms with E-state index in [-0.39, 0.29) is 0 Å². The average molecular weight is 221 g/mol. The van der Waals surface area contributed by atoms with Crippen molar-refractivity contribution in [3.63, 3.8) is 0 Å². The number of aromatic nitrogens is 1. The van der Waals surface area contributed by atoms with Gasteiger partial charge in [0.15, 0.2) is 0 Å². The first kappa shape index (κ1) is 10.2. The Kier molecular flexibility index (Phi) is 2.25. The van der Waals surface area contributed by atoms with Crippen molar-refractivity contribution in [2.24, 2.45) is 7.05 Å². The van der Waals surface area contributed by atoms with Gasteiger partial charge in [-0.15, -0.1) is 0 Å². The van der Waals surface area contributed by atoms with Crippen LogP contribution in [0.15, 0.2) is 54.6 Å². The van der Waals surface area contributed by atoms with E-state index in [0.717, 1.165) is 0 Å². The molecule has 2 aromatic carbocycles. The summed E-state index contributed by atoms with van der Waals surface area (Å²) in [5.74, 6) is 0. The summed E-state index contributed by atoms with van der Waals surface area (Å²) in [6.45, 7) is 2.16. The number of rotatable bonds is 1. The fourth-order valence-corrected chi connectivity index (χ4v) is 2.41. The molecule has 0 radical (unpaired) electrons. The molecule has 3 rings (SSSR count). The number of aryl methyl sites for hydroxylation is 2. The van der Waals surface area contributed by atoms with Gasteiger partial charge >= 0.3 is 0 Å². The average Bonchev–Trinajstić information content (AvgIpc) is 2.68. The standard InChI is InChI=1S/C16H15N/c1-12-7-3-5-9-14(12)16-11-13-8-4-6-10-15(13)17(16)2/h3-11H,1-2H3.